The summed E-state index contributed by atoms with van der Waals surface area (Å²) in [6, 6.07) is 11.2. The van der Waals surface area contributed by atoms with Crippen LogP contribution in [0.5, 0.6) is 0 Å². The van der Waals surface area contributed by atoms with Crippen LogP contribution in [0.4, 0.5) is 5.69 Å². The van der Waals surface area contributed by atoms with Crippen LogP contribution in [0.15, 0.2) is 36.5 Å². The zero-order chi connectivity index (χ0) is 13.1. The van der Waals surface area contributed by atoms with E-state index >= 15 is 0 Å². The highest BCUT2D eigenvalue weighted by Crippen LogP contribution is 2.31. The van der Waals surface area contributed by atoms with Gasteiger partial charge in [-0.05, 0) is 37.0 Å². The van der Waals surface area contributed by atoms with Crippen molar-refractivity contribution in [3.05, 3.63) is 36.5 Å². The van der Waals surface area contributed by atoms with Crippen LogP contribution in [0.2, 0.25) is 0 Å². The molecule has 1 aliphatic rings. The second-order valence-electron chi connectivity index (χ2n) is 5.40. The van der Waals surface area contributed by atoms with Crippen molar-refractivity contribution >= 4 is 5.69 Å². The molecule has 3 nitrogen and oxygen atoms in total. The molecule has 1 heterocycles. The largest absolute Gasteiger partial charge is 0.382 e. The Kier molecular flexibility index (Phi) is 3.53. The number of hydrogen-bond donors (Lipinski definition) is 2. The fraction of sp³-hybridized carbons (Fsp3) is 0.438. The average Bonchev–Trinajstić information content (AvgIpc) is 3.10. The van der Waals surface area contributed by atoms with Crippen molar-refractivity contribution in [3.8, 4) is 11.3 Å². The standard InChI is InChI=1S/C16H21N3/c1-2-12-5-4-8-15(12)18-14-7-3-6-13(11-14)16-9-10-17-19-16/h3,6-7,9-12,15,18H,2,4-5,8H2,1H3,(H,17,19). The van der Waals surface area contributed by atoms with Gasteiger partial charge in [0.1, 0.15) is 0 Å². The van der Waals surface area contributed by atoms with Gasteiger partial charge in [0.25, 0.3) is 0 Å². The van der Waals surface area contributed by atoms with E-state index in [-0.39, 0.29) is 0 Å². The highest BCUT2D eigenvalue weighted by molar-refractivity contribution is 5.64. The summed E-state index contributed by atoms with van der Waals surface area (Å²) < 4.78 is 0. The van der Waals surface area contributed by atoms with Crippen molar-refractivity contribution in [1.29, 1.82) is 0 Å². The Hall–Kier alpha value is -1.77. The fourth-order valence-electron chi connectivity index (χ4n) is 3.12. The third kappa shape index (κ3) is 2.65. The molecule has 0 spiro atoms. The first-order valence-corrected chi connectivity index (χ1v) is 7.23. The summed E-state index contributed by atoms with van der Waals surface area (Å²) in [7, 11) is 0. The van der Waals surface area contributed by atoms with Gasteiger partial charge in [0.15, 0.2) is 0 Å². The number of rotatable bonds is 4. The Morgan fingerprint density at radius 1 is 1.32 bits per heavy atom. The number of nitrogens with one attached hydrogen (secondary N) is 2. The first kappa shape index (κ1) is 12.3. The minimum atomic E-state index is 0.641. The quantitative estimate of drug-likeness (QED) is 0.864. The van der Waals surface area contributed by atoms with Crippen LogP contribution in [0, 0.1) is 5.92 Å². The number of nitrogens with zero attached hydrogens (tertiary/aromatic N) is 1. The van der Waals surface area contributed by atoms with Gasteiger partial charge in [-0.15, -0.1) is 0 Å². The summed E-state index contributed by atoms with van der Waals surface area (Å²) >= 11 is 0. The van der Waals surface area contributed by atoms with Gasteiger partial charge in [0, 0.05) is 23.5 Å². The van der Waals surface area contributed by atoms with E-state index in [1.807, 2.05) is 6.07 Å². The van der Waals surface area contributed by atoms with Crippen LogP contribution in [-0.4, -0.2) is 16.2 Å². The molecule has 2 unspecified atom stereocenters. The second-order valence-corrected chi connectivity index (χ2v) is 5.40. The smallest absolute Gasteiger partial charge is 0.0650 e. The van der Waals surface area contributed by atoms with Gasteiger partial charge in [-0.25, -0.2) is 0 Å². The minimum absolute atomic E-state index is 0.641. The molecule has 3 heteroatoms. The predicted octanol–water partition coefficient (Wildman–Crippen LogP) is 4.07. The van der Waals surface area contributed by atoms with Gasteiger partial charge < -0.3 is 5.32 Å². The van der Waals surface area contributed by atoms with Crippen LogP contribution < -0.4 is 5.32 Å². The molecule has 1 aromatic carbocycles. The minimum Gasteiger partial charge on any atom is -0.382 e. The zero-order valence-corrected chi connectivity index (χ0v) is 11.4. The highest BCUT2D eigenvalue weighted by atomic mass is 15.1. The zero-order valence-electron chi connectivity index (χ0n) is 11.4. The molecule has 2 aromatic rings. The summed E-state index contributed by atoms with van der Waals surface area (Å²) in [5.41, 5.74) is 3.48. The number of hydrogen-bond acceptors (Lipinski definition) is 2. The van der Waals surface area contributed by atoms with E-state index < -0.39 is 0 Å². The molecule has 0 amide bonds. The molecule has 1 fully saturated rings. The van der Waals surface area contributed by atoms with Gasteiger partial charge in [-0.3, -0.25) is 5.10 Å². The van der Waals surface area contributed by atoms with E-state index in [4.69, 9.17) is 0 Å². The molecule has 0 bridgehead atoms. The van der Waals surface area contributed by atoms with E-state index in [1.54, 1.807) is 6.20 Å². The molecule has 0 radical (unpaired) electrons. The molecular weight excluding hydrogens is 234 g/mol. The summed E-state index contributed by atoms with van der Waals surface area (Å²) in [6.45, 7) is 2.30. The average molecular weight is 255 g/mol. The number of aromatic nitrogens is 2. The lowest BCUT2D eigenvalue weighted by molar-refractivity contribution is 0.489. The molecule has 2 atom stereocenters. The summed E-state index contributed by atoms with van der Waals surface area (Å²) in [5.74, 6) is 0.829. The van der Waals surface area contributed by atoms with Crippen molar-refractivity contribution in [2.24, 2.45) is 5.92 Å². The molecule has 1 aromatic heterocycles. The van der Waals surface area contributed by atoms with Crippen molar-refractivity contribution in [3.63, 3.8) is 0 Å². The van der Waals surface area contributed by atoms with Crippen molar-refractivity contribution in [1.82, 2.24) is 10.2 Å². The van der Waals surface area contributed by atoms with E-state index in [2.05, 4.69) is 46.7 Å². The number of benzene rings is 1. The monoisotopic (exact) mass is 255 g/mol. The van der Waals surface area contributed by atoms with Gasteiger partial charge in [-0.1, -0.05) is 31.9 Å². The topological polar surface area (TPSA) is 40.7 Å². The van der Waals surface area contributed by atoms with E-state index in [1.165, 1.54) is 36.9 Å². The van der Waals surface area contributed by atoms with Crippen LogP contribution in [-0.2, 0) is 0 Å². The summed E-state index contributed by atoms with van der Waals surface area (Å²) in [4.78, 5) is 0. The third-order valence-electron chi connectivity index (χ3n) is 4.21. The van der Waals surface area contributed by atoms with Gasteiger partial charge in [0.2, 0.25) is 0 Å². The number of anilines is 1. The van der Waals surface area contributed by atoms with Crippen LogP contribution in [0.3, 0.4) is 0 Å². The Labute approximate surface area is 114 Å². The number of H-pyrrole nitrogens is 1. The van der Waals surface area contributed by atoms with Crippen molar-refractivity contribution < 1.29 is 0 Å². The molecule has 1 saturated carbocycles. The molecule has 0 saturated heterocycles. The maximum atomic E-state index is 4.01. The Balaban J connectivity index is 1.76. The molecular formula is C16H21N3. The first-order valence-electron chi connectivity index (χ1n) is 7.23. The van der Waals surface area contributed by atoms with Crippen LogP contribution >= 0.6 is 0 Å². The lowest BCUT2D eigenvalue weighted by Crippen LogP contribution is -2.23. The summed E-state index contributed by atoms with van der Waals surface area (Å²) in [6.07, 6.45) is 7.09. The molecule has 19 heavy (non-hydrogen) atoms. The highest BCUT2D eigenvalue weighted by Gasteiger charge is 2.25. The van der Waals surface area contributed by atoms with Gasteiger partial charge in [0.05, 0.1) is 5.69 Å². The third-order valence-corrected chi connectivity index (χ3v) is 4.21. The fourth-order valence-corrected chi connectivity index (χ4v) is 3.12. The maximum absolute atomic E-state index is 4.01. The lowest BCUT2D eigenvalue weighted by Gasteiger charge is -2.21. The SMILES string of the molecule is CCC1CCCC1Nc1cccc(-c2ccn[nH]2)c1. The number of aromatic amines is 1. The Morgan fingerprint density at radius 2 is 2.26 bits per heavy atom. The Bertz CT molecular complexity index is 519. The first-order chi connectivity index (χ1) is 9.36. The molecule has 3 rings (SSSR count). The normalized spacial score (nSPS) is 22.6. The predicted molar refractivity (Wildman–Crippen MR) is 79.1 cm³/mol. The van der Waals surface area contributed by atoms with Crippen LogP contribution in [0.1, 0.15) is 32.6 Å². The molecule has 1 aliphatic carbocycles. The van der Waals surface area contributed by atoms with Gasteiger partial charge in [-0.2, -0.15) is 5.10 Å². The van der Waals surface area contributed by atoms with Crippen molar-refractivity contribution in [2.45, 2.75) is 38.6 Å². The second kappa shape index (κ2) is 5.47. The molecule has 2 N–H and O–H groups in total. The molecule has 100 valence electrons. The Morgan fingerprint density at radius 3 is 3.05 bits per heavy atom. The van der Waals surface area contributed by atoms with E-state index in [0.717, 1.165) is 11.6 Å². The van der Waals surface area contributed by atoms with Gasteiger partial charge >= 0.3 is 0 Å². The maximum Gasteiger partial charge on any atom is 0.0650 e. The van der Waals surface area contributed by atoms with Crippen molar-refractivity contribution in [2.75, 3.05) is 5.32 Å². The van der Waals surface area contributed by atoms with E-state index in [9.17, 15) is 0 Å². The summed E-state index contributed by atoms with van der Waals surface area (Å²) in [5, 5.41) is 10.7. The van der Waals surface area contributed by atoms with Crippen LogP contribution in [0.25, 0.3) is 11.3 Å². The van der Waals surface area contributed by atoms with E-state index in [0.29, 0.717) is 6.04 Å². The lowest BCUT2D eigenvalue weighted by atomic mass is 10.0. The molecule has 0 aliphatic heterocycles.